The molecule has 4 rings (SSSR count). The lowest BCUT2D eigenvalue weighted by Crippen LogP contribution is -2.30. The highest BCUT2D eigenvalue weighted by Crippen LogP contribution is 2.36. The molecule has 190 valence electrons. The van der Waals surface area contributed by atoms with Crippen molar-refractivity contribution in [3.63, 3.8) is 0 Å². The molecule has 0 bridgehead atoms. The number of ether oxygens (including phenoxy) is 2. The van der Waals surface area contributed by atoms with Gasteiger partial charge in [-0.25, -0.2) is 13.4 Å². The van der Waals surface area contributed by atoms with Crippen LogP contribution >= 0.6 is 11.6 Å². The lowest BCUT2D eigenvalue weighted by molar-refractivity contribution is 0.379. The number of aromatic nitrogens is 6. The summed E-state index contributed by atoms with van der Waals surface area (Å²) in [5.41, 5.74) is 1.62. The van der Waals surface area contributed by atoms with Crippen LogP contribution in [0, 0.1) is 0 Å². The minimum absolute atomic E-state index is 0.0598. The lowest BCUT2D eigenvalue weighted by Gasteiger charge is -2.22. The van der Waals surface area contributed by atoms with Crippen molar-refractivity contribution in [3.05, 3.63) is 59.4 Å². The number of nitrogens with zero attached hydrogens (tertiary/aromatic N) is 6. The van der Waals surface area contributed by atoms with Gasteiger partial charge in [-0.2, -0.15) is 5.10 Å². The Morgan fingerprint density at radius 1 is 1.03 bits per heavy atom. The minimum atomic E-state index is -3.94. The number of methoxy groups -OCH3 is 2. The van der Waals surface area contributed by atoms with E-state index in [0.717, 1.165) is 5.56 Å². The number of nitrogens with one attached hydrogen (secondary N) is 1. The van der Waals surface area contributed by atoms with E-state index in [1.165, 1.54) is 25.0 Å². The van der Waals surface area contributed by atoms with Gasteiger partial charge in [-0.3, -0.25) is 14.0 Å². The first-order valence-corrected chi connectivity index (χ1v) is 12.9. The first-order chi connectivity index (χ1) is 17.2. The Bertz CT molecular complexity index is 1450. The molecule has 1 aromatic carbocycles. The maximum absolute atomic E-state index is 13.5. The standard InChI is InChI=1S/C23H26ClN7O4S/c1-14(16-6-8-17(24)9-7-16)15(2)36(32,33)29-23-27-26-21(18-11-13-30(3)28-18)31(23)20-19(34-4)10-12-25-22(20)35-5/h6-15H,1-5H3,(H,27,29)/t14-,15-/m0/s1. The van der Waals surface area contributed by atoms with E-state index in [9.17, 15) is 8.42 Å². The Labute approximate surface area is 214 Å². The number of rotatable bonds is 9. The van der Waals surface area contributed by atoms with Gasteiger partial charge in [0.05, 0.1) is 19.5 Å². The SMILES string of the molecule is COc1ccnc(OC)c1-n1c(NS(=O)(=O)[C@@H](C)[C@H](C)c2ccc(Cl)cc2)nnc1-c1ccn(C)n1. The summed E-state index contributed by atoms with van der Waals surface area (Å²) < 4.78 is 43.7. The summed E-state index contributed by atoms with van der Waals surface area (Å²) in [6, 6.07) is 10.5. The number of hydrogen-bond acceptors (Lipinski definition) is 8. The van der Waals surface area contributed by atoms with Gasteiger partial charge in [-0.1, -0.05) is 30.7 Å². The van der Waals surface area contributed by atoms with Crippen molar-refractivity contribution >= 4 is 27.6 Å². The van der Waals surface area contributed by atoms with Gasteiger partial charge in [-0.15, -0.1) is 10.2 Å². The molecule has 0 aliphatic rings. The van der Waals surface area contributed by atoms with Gasteiger partial charge in [0.2, 0.25) is 21.9 Å². The molecular weight excluding hydrogens is 506 g/mol. The zero-order chi connectivity index (χ0) is 26.0. The monoisotopic (exact) mass is 531 g/mol. The fraction of sp³-hybridized carbons (Fsp3) is 0.304. The summed E-state index contributed by atoms with van der Waals surface area (Å²) in [4.78, 5) is 4.26. The van der Waals surface area contributed by atoms with E-state index in [1.807, 2.05) is 19.1 Å². The van der Waals surface area contributed by atoms with Crippen molar-refractivity contribution in [1.82, 2.24) is 29.5 Å². The summed E-state index contributed by atoms with van der Waals surface area (Å²) >= 11 is 5.99. The van der Waals surface area contributed by atoms with Crippen LogP contribution in [0.4, 0.5) is 5.95 Å². The van der Waals surface area contributed by atoms with Crippen LogP contribution in [0.25, 0.3) is 17.2 Å². The molecule has 0 aliphatic heterocycles. The van der Waals surface area contributed by atoms with Gasteiger partial charge >= 0.3 is 0 Å². The molecule has 3 aromatic heterocycles. The molecule has 0 aliphatic carbocycles. The van der Waals surface area contributed by atoms with E-state index in [1.54, 1.807) is 49.1 Å². The van der Waals surface area contributed by atoms with Crippen LogP contribution < -0.4 is 14.2 Å². The first kappa shape index (κ1) is 25.5. The third-order valence-electron chi connectivity index (χ3n) is 5.92. The van der Waals surface area contributed by atoms with E-state index < -0.39 is 15.3 Å². The number of pyridine rings is 1. The average Bonchev–Trinajstić information content (AvgIpc) is 3.48. The average molecular weight is 532 g/mol. The van der Waals surface area contributed by atoms with Crippen LogP contribution in [0.3, 0.4) is 0 Å². The molecule has 4 aromatic rings. The van der Waals surface area contributed by atoms with Crippen LogP contribution in [-0.2, 0) is 17.1 Å². The number of anilines is 1. The molecule has 0 radical (unpaired) electrons. The zero-order valence-corrected chi connectivity index (χ0v) is 21.9. The second kappa shape index (κ2) is 10.2. The Kier molecular flexibility index (Phi) is 7.18. The van der Waals surface area contributed by atoms with Crippen molar-refractivity contribution in [3.8, 4) is 28.8 Å². The molecule has 36 heavy (non-hydrogen) atoms. The van der Waals surface area contributed by atoms with Gasteiger partial charge in [-0.05, 0) is 36.6 Å². The van der Waals surface area contributed by atoms with Crippen LogP contribution in [0.5, 0.6) is 11.6 Å². The number of halogens is 1. The second-order valence-corrected chi connectivity index (χ2v) is 10.6. The van der Waals surface area contributed by atoms with Crippen molar-refractivity contribution in [2.75, 3.05) is 18.9 Å². The highest BCUT2D eigenvalue weighted by atomic mass is 35.5. The molecule has 3 heterocycles. The molecule has 0 saturated carbocycles. The van der Waals surface area contributed by atoms with Gasteiger partial charge in [0, 0.05) is 30.5 Å². The van der Waals surface area contributed by atoms with E-state index in [0.29, 0.717) is 22.2 Å². The Morgan fingerprint density at radius 3 is 2.36 bits per heavy atom. The van der Waals surface area contributed by atoms with Gasteiger partial charge in [0.25, 0.3) is 0 Å². The number of aryl methyl sites for hydroxylation is 1. The molecule has 1 N–H and O–H groups in total. The van der Waals surface area contributed by atoms with Crippen LogP contribution in [0.1, 0.15) is 25.3 Å². The topological polar surface area (TPSA) is 126 Å². The van der Waals surface area contributed by atoms with Crippen LogP contribution in [0.2, 0.25) is 5.02 Å². The molecule has 11 nitrogen and oxygen atoms in total. The highest BCUT2D eigenvalue weighted by molar-refractivity contribution is 7.93. The summed E-state index contributed by atoms with van der Waals surface area (Å²) in [5, 5.41) is 12.6. The molecule has 0 spiro atoms. The van der Waals surface area contributed by atoms with E-state index >= 15 is 0 Å². The predicted molar refractivity (Wildman–Crippen MR) is 136 cm³/mol. The number of benzene rings is 1. The Hall–Kier alpha value is -3.64. The third-order valence-corrected chi connectivity index (χ3v) is 8.03. The van der Waals surface area contributed by atoms with Gasteiger partial charge in [0.15, 0.2) is 11.5 Å². The lowest BCUT2D eigenvalue weighted by atomic mass is 9.98. The minimum Gasteiger partial charge on any atom is -0.494 e. The third kappa shape index (κ3) is 4.86. The van der Waals surface area contributed by atoms with Crippen molar-refractivity contribution in [1.29, 1.82) is 0 Å². The maximum Gasteiger partial charge on any atom is 0.243 e. The fourth-order valence-electron chi connectivity index (χ4n) is 3.73. The van der Waals surface area contributed by atoms with Crippen molar-refractivity contribution in [2.45, 2.75) is 25.0 Å². The van der Waals surface area contributed by atoms with Crippen LogP contribution in [0.15, 0.2) is 48.8 Å². The van der Waals surface area contributed by atoms with Gasteiger partial charge in [0.1, 0.15) is 11.4 Å². The van der Waals surface area contributed by atoms with E-state index in [-0.39, 0.29) is 23.6 Å². The molecule has 0 saturated heterocycles. The second-order valence-electron chi connectivity index (χ2n) is 8.12. The largest absolute Gasteiger partial charge is 0.494 e. The first-order valence-electron chi connectivity index (χ1n) is 11.0. The van der Waals surface area contributed by atoms with Crippen molar-refractivity contribution < 1.29 is 17.9 Å². The maximum atomic E-state index is 13.5. The van der Waals surface area contributed by atoms with Crippen LogP contribution in [-0.4, -0.2) is 57.4 Å². The summed E-state index contributed by atoms with van der Waals surface area (Å²) in [5.74, 6) is 0.441. The molecule has 0 amide bonds. The van der Waals surface area contributed by atoms with E-state index in [2.05, 4.69) is 25.0 Å². The molecule has 2 atom stereocenters. The number of hydrogen-bond donors (Lipinski definition) is 1. The molecule has 13 heteroatoms. The summed E-state index contributed by atoms with van der Waals surface area (Å²) in [6.07, 6.45) is 3.26. The van der Waals surface area contributed by atoms with Gasteiger partial charge < -0.3 is 9.47 Å². The summed E-state index contributed by atoms with van der Waals surface area (Å²) in [7, 11) is 0.768. The number of sulfonamides is 1. The fourth-order valence-corrected chi connectivity index (χ4v) is 5.12. The normalized spacial score (nSPS) is 13.3. The quantitative estimate of drug-likeness (QED) is 0.346. The zero-order valence-electron chi connectivity index (χ0n) is 20.4. The highest BCUT2D eigenvalue weighted by Gasteiger charge is 2.32. The Morgan fingerprint density at radius 2 is 1.75 bits per heavy atom. The Balaban J connectivity index is 1.81. The smallest absolute Gasteiger partial charge is 0.243 e. The molecular formula is C23H26ClN7O4S. The predicted octanol–water partition coefficient (Wildman–Crippen LogP) is 3.67. The summed E-state index contributed by atoms with van der Waals surface area (Å²) in [6.45, 7) is 3.47. The molecule has 0 fully saturated rings. The van der Waals surface area contributed by atoms with Crippen molar-refractivity contribution in [2.24, 2.45) is 7.05 Å². The van der Waals surface area contributed by atoms with E-state index in [4.69, 9.17) is 21.1 Å². The molecule has 0 unspecified atom stereocenters.